The summed E-state index contributed by atoms with van der Waals surface area (Å²) in [6.07, 6.45) is 2.14. The van der Waals surface area contributed by atoms with E-state index in [9.17, 15) is 0 Å². The molecule has 28 heavy (non-hydrogen) atoms. The minimum absolute atomic E-state index is 0.345. The van der Waals surface area contributed by atoms with E-state index in [4.69, 9.17) is 9.47 Å². The summed E-state index contributed by atoms with van der Waals surface area (Å²) in [5.74, 6) is 2.47. The van der Waals surface area contributed by atoms with Crippen molar-refractivity contribution in [2.45, 2.75) is 32.4 Å². The molecule has 2 heterocycles. The van der Waals surface area contributed by atoms with E-state index in [1.165, 1.54) is 9.75 Å². The fraction of sp³-hybridized carbons (Fsp3) is 0.476. The molecule has 1 fully saturated rings. The Morgan fingerprint density at radius 2 is 1.89 bits per heavy atom. The zero-order valence-electron chi connectivity index (χ0n) is 17.1. The van der Waals surface area contributed by atoms with E-state index >= 15 is 0 Å². The van der Waals surface area contributed by atoms with Crippen LogP contribution in [0, 0.1) is 0 Å². The first kappa shape index (κ1) is 20.3. The van der Waals surface area contributed by atoms with Gasteiger partial charge in [0.25, 0.3) is 0 Å². The van der Waals surface area contributed by atoms with Gasteiger partial charge in [-0.1, -0.05) is 6.92 Å². The SMILES string of the molecule is CCc1ccc(CNC(=NC)NC2CCN(c3cc(OC)cc(OC)c3)C2)s1. The van der Waals surface area contributed by atoms with Crippen LogP contribution in [0.25, 0.3) is 0 Å². The van der Waals surface area contributed by atoms with Crippen LogP contribution in [0.2, 0.25) is 0 Å². The van der Waals surface area contributed by atoms with Crippen molar-refractivity contribution in [3.8, 4) is 11.5 Å². The molecule has 1 aliphatic rings. The van der Waals surface area contributed by atoms with Gasteiger partial charge in [-0.05, 0) is 25.0 Å². The number of ether oxygens (including phenoxy) is 2. The van der Waals surface area contributed by atoms with Gasteiger partial charge in [0.1, 0.15) is 11.5 Å². The molecule has 3 rings (SSSR count). The second-order valence-electron chi connectivity index (χ2n) is 6.79. The van der Waals surface area contributed by atoms with E-state index in [1.807, 2.05) is 24.5 Å². The van der Waals surface area contributed by atoms with Crippen LogP contribution in [-0.2, 0) is 13.0 Å². The minimum Gasteiger partial charge on any atom is -0.497 e. The maximum Gasteiger partial charge on any atom is 0.191 e. The highest BCUT2D eigenvalue weighted by Crippen LogP contribution is 2.30. The molecule has 0 amide bonds. The number of benzene rings is 1. The van der Waals surface area contributed by atoms with Gasteiger partial charge in [-0.15, -0.1) is 11.3 Å². The molecule has 0 radical (unpaired) electrons. The molecule has 0 spiro atoms. The van der Waals surface area contributed by atoms with Crippen LogP contribution < -0.4 is 25.0 Å². The molecule has 1 unspecified atom stereocenters. The summed E-state index contributed by atoms with van der Waals surface area (Å²) < 4.78 is 10.8. The van der Waals surface area contributed by atoms with E-state index < -0.39 is 0 Å². The van der Waals surface area contributed by atoms with Crippen molar-refractivity contribution in [1.29, 1.82) is 0 Å². The second-order valence-corrected chi connectivity index (χ2v) is 8.05. The van der Waals surface area contributed by atoms with Crippen molar-refractivity contribution in [3.63, 3.8) is 0 Å². The van der Waals surface area contributed by atoms with Gasteiger partial charge in [0.2, 0.25) is 0 Å². The van der Waals surface area contributed by atoms with Crippen molar-refractivity contribution >= 4 is 23.0 Å². The van der Waals surface area contributed by atoms with E-state index in [0.717, 1.165) is 55.6 Å². The molecule has 0 aliphatic carbocycles. The quantitative estimate of drug-likeness (QED) is 0.550. The van der Waals surface area contributed by atoms with Crippen LogP contribution >= 0.6 is 11.3 Å². The molecule has 2 aromatic rings. The Kier molecular flexibility index (Phi) is 7.03. The third kappa shape index (κ3) is 5.10. The number of aryl methyl sites for hydroxylation is 1. The molecule has 1 aromatic heterocycles. The molecule has 1 atom stereocenters. The maximum atomic E-state index is 5.40. The van der Waals surface area contributed by atoms with Crippen LogP contribution in [0.4, 0.5) is 5.69 Å². The van der Waals surface area contributed by atoms with Gasteiger partial charge in [-0.2, -0.15) is 0 Å². The van der Waals surface area contributed by atoms with E-state index in [-0.39, 0.29) is 0 Å². The zero-order valence-corrected chi connectivity index (χ0v) is 17.9. The first-order chi connectivity index (χ1) is 13.6. The molecule has 152 valence electrons. The average Bonchev–Trinajstić information content (AvgIpc) is 3.40. The summed E-state index contributed by atoms with van der Waals surface area (Å²) in [5.41, 5.74) is 1.12. The first-order valence-electron chi connectivity index (χ1n) is 9.68. The third-order valence-electron chi connectivity index (χ3n) is 4.95. The highest BCUT2D eigenvalue weighted by molar-refractivity contribution is 7.11. The lowest BCUT2D eigenvalue weighted by atomic mass is 10.2. The number of thiophene rings is 1. The Labute approximate surface area is 171 Å². The summed E-state index contributed by atoms with van der Waals surface area (Å²) in [6.45, 7) is 4.88. The van der Waals surface area contributed by atoms with Gasteiger partial charge in [-0.25, -0.2) is 0 Å². The summed E-state index contributed by atoms with van der Waals surface area (Å²) >= 11 is 1.86. The van der Waals surface area contributed by atoms with Crippen LogP contribution in [-0.4, -0.2) is 46.4 Å². The summed E-state index contributed by atoms with van der Waals surface area (Å²) in [7, 11) is 5.18. The number of guanidine groups is 1. The maximum absolute atomic E-state index is 5.40. The van der Waals surface area contributed by atoms with Gasteiger partial charge in [0.15, 0.2) is 5.96 Å². The summed E-state index contributed by atoms with van der Waals surface area (Å²) in [6, 6.07) is 10.8. The average molecular weight is 403 g/mol. The smallest absolute Gasteiger partial charge is 0.191 e. The van der Waals surface area contributed by atoms with E-state index in [0.29, 0.717) is 6.04 Å². The van der Waals surface area contributed by atoms with Gasteiger partial charge < -0.3 is 25.0 Å². The fourth-order valence-electron chi connectivity index (χ4n) is 3.35. The number of hydrogen-bond acceptors (Lipinski definition) is 5. The standard InChI is InChI=1S/C21H30N4O2S/c1-5-19-6-7-20(28-19)13-23-21(22-2)24-15-8-9-25(14-15)16-10-17(26-3)12-18(11-16)27-4/h6-7,10-12,15H,5,8-9,13-14H2,1-4H3,(H2,22,23,24). The molecular formula is C21H30N4O2S. The Morgan fingerprint density at radius 1 is 1.18 bits per heavy atom. The molecule has 0 saturated carbocycles. The van der Waals surface area contributed by atoms with Crippen molar-refractivity contribution < 1.29 is 9.47 Å². The second kappa shape index (κ2) is 9.68. The predicted molar refractivity (Wildman–Crippen MR) is 117 cm³/mol. The van der Waals surface area contributed by atoms with Gasteiger partial charge >= 0.3 is 0 Å². The normalized spacial score (nSPS) is 16.9. The molecular weight excluding hydrogens is 372 g/mol. The van der Waals surface area contributed by atoms with E-state index in [2.05, 4.69) is 51.7 Å². The number of anilines is 1. The molecule has 1 aromatic carbocycles. The number of aliphatic imine (C=N–C) groups is 1. The molecule has 0 bridgehead atoms. The number of rotatable bonds is 7. The summed E-state index contributed by atoms with van der Waals surface area (Å²) in [4.78, 5) is 9.48. The number of nitrogens with zero attached hydrogens (tertiary/aromatic N) is 2. The van der Waals surface area contributed by atoms with Crippen molar-refractivity contribution in [2.75, 3.05) is 39.3 Å². The number of methoxy groups -OCH3 is 2. The number of nitrogens with one attached hydrogen (secondary N) is 2. The van der Waals surface area contributed by atoms with Gasteiger partial charge in [0, 0.05) is 59.8 Å². The Bertz CT molecular complexity index is 783. The predicted octanol–water partition coefficient (Wildman–Crippen LogP) is 3.27. The highest BCUT2D eigenvalue weighted by atomic mass is 32.1. The first-order valence-corrected chi connectivity index (χ1v) is 10.5. The summed E-state index contributed by atoms with van der Waals surface area (Å²) in [5, 5.41) is 6.98. The monoisotopic (exact) mass is 402 g/mol. The van der Waals surface area contributed by atoms with Crippen molar-refractivity contribution in [2.24, 2.45) is 4.99 Å². The fourth-order valence-corrected chi connectivity index (χ4v) is 4.25. The molecule has 1 saturated heterocycles. The topological polar surface area (TPSA) is 58.1 Å². The Morgan fingerprint density at radius 3 is 2.50 bits per heavy atom. The van der Waals surface area contributed by atoms with Gasteiger partial charge in [-0.3, -0.25) is 4.99 Å². The minimum atomic E-state index is 0.345. The lowest BCUT2D eigenvalue weighted by Crippen LogP contribution is -2.44. The third-order valence-corrected chi connectivity index (χ3v) is 6.18. The van der Waals surface area contributed by atoms with Crippen molar-refractivity contribution in [1.82, 2.24) is 10.6 Å². The largest absolute Gasteiger partial charge is 0.497 e. The van der Waals surface area contributed by atoms with Crippen LogP contribution in [0.3, 0.4) is 0 Å². The molecule has 2 N–H and O–H groups in total. The molecule has 6 nitrogen and oxygen atoms in total. The lowest BCUT2D eigenvalue weighted by molar-refractivity contribution is 0.394. The Balaban J connectivity index is 1.55. The van der Waals surface area contributed by atoms with Crippen LogP contribution in [0.1, 0.15) is 23.1 Å². The molecule has 1 aliphatic heterocycles. The van der Waals surface area contributed by atoms with E-state index in [1.54, 1.807) is 14.2 Å². The van der Waals surface area contributed by atoms with Crippen LogP contribution in [0.5, 0.6) is 11.5 Å². The van der Waals surface area contributed by atoms with Crippen molar-refractivity contribution in [3.05, 3.63) is 40.1 Å². The molecule has 7 heteroatoms. The zero-order chi connectivity index (χ0) is 19.9. The number of hydrogen-bond donors (Lipinski definition) is 2. The van der Waals surface area contributed by atoms with Gasteiger partial charge in [0.05, 0.1) is 20.8 Å². The Hall–Kier alpha value is -2.41. The highest BCUT2D eigenvalue weighted by Gasteiger charge is 2.24. The van der Waals surface area contributed by atoms with Crippen LogP contribution in [0.15, 0.2) is 35.3 Å². The lowest BCUT2D eigenvalue weighted by Gasteiger charge is -2.21.